The van der Waals surface area contributed by atoms with Crippen molar-refractivity contribution in [3.63, 3.8) is 0 Å². The second-order valence-corrected chi connectivity index (χ2v) is 17.0. The minimum atomic E-state index is -1.27. The first kappa shape index (κ1) is 54.8. The van der Waals surface area contributed by atoms with Gasteiger partial charge in [0.15, 0.2) is 0 Å². The Morgan fingerprint density at radius 2 is 0.986 bits per heavy atom. The van der Waals surface area contributed by atoms with Crippen LogP contribution in [-0.2, 0) is 37.0 Å². The number of carboxylic acid groups (broad SMARTS) is 1. The predicted octanol–water partition coefficient (Wildman–Crippen LogP) is 7.94. The summed E-state index contributed by atoms with van der Waals surface area (Å²) in [6.45, 7) is 5.97. The lowest BCUT2D eigenvalue weighted by molar-refractivity contribution is -0.119. The highest BCUT2D eigenvalue weighted by Crippen LogP contribution is 2.25. The van der Waals surface area contributed by atoms with Crippen LogP contribution in [-0.4, -0.2) is 92.1 Å². The lowest BCUT2D eigenvalue weighted by atomic mass is 10.0. The van der Waals surface area contributed by atoms with Gasteiger partial charge in [-0.2, -0.15) is 0 Å². The van der Waals surface area contributed by atoms with Gasteiger partial charge in [0, 0.05) is 24.5 Å². The summed E-state index contributed by atoms with van der Waals surface area (Å²) in [6, 6.07) is 24.8. The quantitative estimate of drug-likeness (QED) is 0.0233. The number of unbranched alkanes of at least 4 members (excludes halogenated alkanes) is 4. The minimum absolute atomic E-state index is 0.0274. The molecular formula is C51H64N6O13. The minimum Gasteiger partial charge on any atom is -0.496 e. The molecule has 4 rings (SSSR count). The molecule has 19 nitrogen and oxygen atoms in total. The van der Waals surface area contributed by atoms with Gasteiger partial charge in [0.05, 0.1) is 19.8 Å². The number of aromatic carboxylic acids is 1. The Hall–Kier alpha value is -7.83. The van der Waals surface area contributed by atoms with E-state index in [4.69, 9.17) is 23.7 Å². The van der Waals surface area contributed by atoms with E-state index in [1.54, 1.807) is 20.8 Å². The summed E-state index contributed by atoms with van der Waals surface area (Å²) >= 11 is 0. The molecule has 0 fully saturated rings. The summed E-state index contributed by atoms with van der Waals surface area (Å²) in [7, 11) is 2.68. The first-order chi connectivity index (χ1) is 33.5. The zero-order valence-electron chi connectivity index (χ0n) is 40.2. The molecule has 0 saturated carbocycles. The summed E-state index contributed by atoms with van der Waals surface area (Å²) < 4.78 is 26.6. The smallest absolute Gasteiger partial charge is 0.408 e. The molecule has 6 amide bonds. The summed E-state index contributed by atoms with van der Waals surface area (Å²) in [6.07, 6.45) is 1.59. The molecule has 0 heterocycles. The van der Waals surface area contributed by atoms with E-state index in [1.807, 2.05) is 60.7 Å². The fourth-order valence-electron chi connectivity index (χ4n) is 6.83. The fourth-order valence-corrected chi connectivity index (χ4v) is 6.83. The molecule has 0 aliphatic carbocycles. The molecule has 0 radical (unpaired) electrons. The average molecular weight is 969 g/mol. The van der Waals surface area contributed by atoms with Gasteiger partial charge in [-0.15, -0.1) is 0 Å². The maximum atomic E-state index is 14.1. The Morgan fingerprint density at radius 1 is 0.543 bits per heavy atom. The van der Waals surface area contributed by atoms with Crippen molar-refractivity contribution in [3.05, 3.63) is 119 Å². The van der Waals surface area contributed by atoms with Crippen LogP contribution in [0.4, 0.5) is 25.8 Å². The number of hydrogen-bond donors (Lipinski definition) is 7. The van der Waals surface area contributed by atoms with E-state index in [-0.39, 0.29) is 60.1 Å². The van der Waals surface area contributed by atoms with Gasteiger partial charge in [0.1, 0.15) is 48.0 Å². The molecule has 0 unspecified atom stereocenters. The Labute approximate surface area is 407 Å². The van der Waals surface area contributed by atoms with E-state index in [0.29, 0.717) is 51.6 Å². The third-order valence-electron chi connectivity index (χ3n) is 10.3. The number of anilines is 2. The second kappa shape index (κ2) is 28.5. The van der Waals surface area contributed by atoms with Crippen LogP contribution in [0.1, 0.15) is 104 Å². The molecule has 7 N–H and O–H groups in total. The summed E-state index contributed by atoms with van der Waals surface area (Å²) in [5.74, 6) is -3.02. The highest BCUT2D eigenvalue weighted by molar-refractivity contribution is 6.04. The Bertz CT molecular complexity index is 2360. The summed E-state index contributed by atoms with van der Waals surface area (Å²) in [5, 5.41) is 26.0. The van der Waals surface area contributed by atoms with Crippen molar-refractivity contribution in [2.24, 2.45) is 0 Å². The molecule has 0 bridgehead atoms. The van der Waals surface area contributed by atoms with E-state index in [1.165, 1.54) is 50.6 Å². The van der Waals surface area contributed by atoms with E-state index < -0.39 is 59.7 Å². The van der Waals surface area contributed by atoms with Crippen LogP contribution < -0.4 is 41.4 Å². The van der Waals surface area contributed by atoms with Crippen molar-refractivity contribution in [1.29, 1.82) is 0 Å². The van der Waals surface area contributed by atoms with Crippen molar-refractivity contribution in [1.82, 2.24) is 21.3 Å². The predicted molar refractivity (Wildman–Crippen MR) is 261 cm³/mol. The van der Waals surface area contributed by atoms with Crippen LogP contribution in [0.3, 0.4) is 0 Å². The molecule has 0 saturated heterocycles. The molecule has 2 atom stereocenters. The van der Waals surface area contributed by atoms with Crippen molar-refractivity contribution in [2.45, 2.75) is 103 Å². The number of benzene rings is 4. The first-order valence-electron chi connectivity index (χ1n) is 23.0. The van der Waals surface area contributed by atoms with Gasteiger partial charge in [-0.25, -0.2) is 19.2 Å². The number of hydrogen-bond acceptors (Lipinski definition) is 12. The molecule has 4 aromatic rings. The van der Waals surface area contributed by atoms with E-state index in [9.17, 15) is 38.7 Å². The SMILES string of the molecule is COc1ccc(NC(=O)[C@H](CCCCCNC(=O)OCc2ccccc2)NC(=O)c2cc(NC(=O)[C@H](CCCCCNC(=O)OCc3ccccc3)NC(=O)OC(C)(C)C)ccc2OC)cc1C(=O)O. The molecule has 0 aromatic heterocycles. The number of ether oxygens (including phenoxy) is 5. The monoisotopic (exact) mass is 968 g/mol. The normalized spacial score (nSPS) is 11.7. The van der Waals surface area contributed by atoms with E-state index in [0.717, 1.165) is 11.1 Å². The van der Waals surface area contributed by atoms with Crippen molar-refractivity contribution in [2.75, 3.05) is 37.9 Å². The van der Waals surface area contributed by atoms with Crippen LogP contribution in [0.25, 0.3) is 0 Å². The molecule has 19 heteroatoms. The third-order valence-corrected chi connectivity index (χ3v) is 10.3. The number of rotatable bonds is 26. The summed E-state index contributed by atoms with van der Waals surface area (Å²) in [4.78, 5) is 90.9. The Morgan fingerprint density at radius 3 is 1.43 bits per heavy atom. The van der Waals surface area contributed by atoms with Gasteiger partial charge in [-0.05, 0) is 94.0 Å². The molecule has 376 valence electrons. The van der Waals surface area contributed by atoms with Gasteiger partial charge in [-0.1, -0.05) is 86.3 Å². The maximum Gasteiger partial charge on any atom is 0.408 e. The maximum absolute atomic E-state index is 14.1. The number of carbonyl (C=O) groups excluding carboxylic acids is 6. The average Bonchev–Trinajstić information content (AvgIpc) is 3.33. The number of carbonyl (C=O) groups is 7. The van der Waals surface area contributed by atoms with Crippen LogP contribution in [0, 0.1) is 0 Å². The summed E-state index contributed by atoms with van der Waals surface area (Å²) in [5.41, 5.74) is 0.977. The number of methoxy groups -OCH3 is 2. The largest absolute Gasteiger partial charge is 0.496 e. The van der Waals surface area contributed by atoms with Crippen LogP contribution in [0.2, 0.25) is 0 Å². The number of amides is 6. The lowest BCUT2D eigenvalue weighted by Crippen LogP contribution is -2.46. The molecule has 0 aliphatic rings. The van der Waals surface area contributed by atoms with Crippen molar-refractivity contribution >= 4 is 53.3 Å². The van der Waals surface area contributed by atoms with Crippen molar-refractivity contribution in [3.8, 4) is 11.5 Å². The lowest BCUT2D eigenvalue weighted by Gasteiger charge is -2.23. The fraction of sp³-hybridized carbons (Fsp3) is 0.392. The van der Waals surface area contributed by atoms with Gasteiger partial charge in [-0.3, -0.25) is 14.4 Å². The van der Waals surface area contributed by atoms with Gasteiger partial charge < -0.3 is 60.7 Å². The second-order valence-electron chi connectivity index (χ2n) is 17.0. The van der Waals surface area contributed by atoms with Gasteiger partial charge in [0.25, 0.3) is 5.91 Å². The zero-order valence-corrected chi connectivity index (χ0v) is 40.2. The molecule has 0 aliphatic heterocycles. The Balaban J connectivity index is 1.41. The van der Waals surface area contributed by atoms with Crippen LogP contribution >= 0.6 is 0 Å². The molecule has 0 spiro atoms. The topological polar surface area (TPSA) is 258 Å². The van der Waals surface area contributed by atoms with Gasteiger partial charge >= 0.3 is 24.2 Å². The molecule has 4 aromatic carbocycles. The standard InChI is InChI=1S/C51H64N6O13/c1-51(2,3)70-50(65)57-41(23-15-9-17-29-53-49(64)69-33-35-20-12-7-13-21-35)46(60)54-36-24-26-42(66-4)38(30-36)44(58)56-40(45(59)55-37-25-27-43(67-5)39(31-37)47(61)62)22-14-8-16-28-52-48(63)68-32-34-18-10-6-11-19-34/h6-7,10-13,18-21,24-27,30-31,40-41H,8-9,14-17,22-23,28-29,32-33H2,1-5H3,(H,52,63)(H,53,64)(H,54,60)(H,55,59)(H,56,58)(H,57,65)(H,61,62)/t40-,41-/m0/s1. The number of nitrogens with one attached hydrogen (secondary N) is 6. The first-order valence-corrected chi connectivity index (χ1v) is 23.0. The van der Waals surface area contributed by atoms with Gasteiger partial charge in [0.2, 0.25) is 11.8 Å². The third kappa shape index (κ3) is 19.8. The number of carboxylic acids is 1. The van der Waals surface area contributed by atoms with E-state index >= 15 is 0 Å². The van der Waals surface area contributed by atoms with E-state index in [2.05, 4.69) is 31.9 Å². The van der Waals surface area contributed by atoms with Crippen LogP contribution in [0.15, 0.2) is 97.1 Å². The number of alkyl carbamates (subject to hydrolysis) is 3. The molecular weight excluding hydrogens is 905 g/mol. The highest BCUT2D eigenvalue weighted by Gasteiger charge is 2.27. The van der Waals surface area contributed by atoms with Crippen molar-refractivity contribution < 1.29 is 62.4 Å². The Kier molecular flexibility index (Phi) is 22.3. The highest BCUT2D eigenvalue weighted by atomic mass is 16.6. The van der Waals surface area contributed by atoms with Crippen LogP contribution in [0.5, 0.6) is 11.5 Å². The molecule has 70 heavy (non-hydrogen) atoms. The zero-order chi connectivity index (χ0) is 50.9.